The Morgan fingerprint density at radius 1 is 1.31 bits per heavy atom. The van der Waals surface area contributed by atoms with Crippen molar-refractivity contribution in [1.29, 1.82) is 0 Å². The Morgan fingerprint density at radius 3 is 2.50 bits per heavy atom. The van der Waals surface area contributed by atoms with Crippen LogP contribution >= 0.6 is 0 Å². The summed E-state index contributed by atoms with van der Waals surface area (Å²) in [6.45, 7) is 9.65. The fourth-order valence-electron chi connectivity index (χ4n) is 2.81. The van der Waals surface area contributed by atoms with Crippen LogP contribution in [0.3, 0.4) is 0 Å². The molecule has 16 heavy (non-hydrogen) atoms. The highest BCUT2D eigenvalue weighted by Gasteiger charge is 2.46. The Kier molecular flexibility index (Phi) is 2.90. The monoisotopic (exact) mass is 215 g/mol. The van der Waals surface area contributed by atoms with Crippen molar-refractivity contribution in [2.24, 2.45) is 5.41 Å². The predicted octanol–water partition coefficient (Wildman–Crippen LogP) is 3.48. The molecular weight excluding hydrogens is 194 g/mol. The molecule has 0 amide bonds. The topological polar surface area (TPSA) is 12.0 Å². The molecule has 1 aliphatic rings. The van der Waals surface area contributed by atoms with Gasteiger partial charge < -0.3 is 5.32 Å². The molecule has 1 unspecified atom stereocenters. The zero-order valence-electron chi connectivity index (χ0n) is 10.3. The molecule has 0 saturated carbocycles. The molecule has 1 aliphatic heterocycles. The molecule has 0 aromatic heterocycles. The smallest absolute Gasteiger partial charge is 0.0521 e. The first-order chi connectivity index (χ1) is 7.62. The van der Waals surface area contributed by atoms with Gasteiger partial charge in [-0.25, -0.2) is 0 Å². The van der Waals surface area contributed by atoms with E-state index in [0.29, 0.717) is 0 Å². The van der Waals surface area contributed by atoms with Crippen LogP contribution in [0.25, 0.3) is 0 Å². The quantitative estimate of drug-likeness (QED) is 0.761. The average Bonchev–Trinajstić information content (AvgIpc) is 2.81. The maximum absolute atomic E-state index is 4.01. The third kappa shape index (κ3) is 1.60. The van der Waals surface area contributed by atoms with Gasteiger partial charge in [0.25, 0.3) is 0 Å². The van der Waals surface area contributed by atoms with Gasteiger partial charge in [-0.2, -0.15) is 0 Å². The van der Waals surface area contributed by atoms with Crippen LogP contribution in [0.5, 0.6) is 0 Å². The third-order valence-electron chi connectivity index (χ3n) is 4.03. The van der Waals surface area contributed by atoms with E-state index in [1.54, 1.807) is 0 Å². The highest BCUT2D eigenvalue weighted by Crippen LogP contribution is 2.46. The molecule has 1 fully saturated rings. The van der Waals surface area contributed by atoms with Gasteiger partial charge in [-0.1, -0.05) is 50.3 Å². The van der Waals surface area contributed by atoms with E-state index >= 15 is 0 Å². The zero-order valence-corrected chi connectivity index (χ0v) is 10.3. The maximum Gasteiger partial charge on any atom is 0.0521 e. The van der Waals surface area contributed by atoms with Crippen molar-refractivity contribution in [2.75, 3.05) is 6.54 Å². The molecule has 86 valence electrons. The van der Waals surface area contributed by atoms with Crippen LogP contribution in [0.4, 0.5) is 0 Å². The standard InChI is InChI=1S/C15H21N/c1-4-14(2,3)15(11-8-12-16-15)13-9-6-5-7-10-13/h4-7,9-10,16H,1,8,11-12H2,2-3H3. The second-order valence-electron chi connectivity index (χ2n) is 5.23. The van der Waals surface area contributed by atoms with Gasteiger partial charge >= 0.3 is 0 Å². The Labute approximate surface area is 98.6 Å². The minimum absolute atomic E-state index is 0.0655. The summed E-state index contributed by atoms with van der Waals surface area (Å²) in [5.74, 6) is 0. The van der Waals surface area contributed by atoms with Gasteiger partial charge in [-0.15, -0.1) is 6.58 Å². The molecule has 1 aromatic carbocycles. The van der Waals surface area contributed by atoms with Crippen LogP contribution in [-0.2, 0) is 5.54 Å². The SMILES string of the molecule is C=CC(C)(C)C1(c2ccccc2)CCCN1. The summed E-state index contributed by atoms with van der Waals surface area (Å²) in [6.07, 6.45) is 4.51. The van der Waals surface area contributed by atoms with E-state index in [1.165, 1.54) is 18.4 Å². The van der Waals surface area contributed by atoms with Crippen molar-refractivity contribution in [3.63, 3.8) is 0 Å². The van der Waals surface area contributed by atoms with E-state index < -0.39 is 0 Å². The van der Waals surface area contributed by atoms with E-state index in [2.05, 4.69) is 62.2 Å². The number of nitrogens with one attached hydrogen (secondary N) is 1. The summed E-state index contributed by atoms with van der Waals surface area (Å²) >= 11 is 0. The van der Waals surface area contributed by atoms with Crippen LogP contribution in [0.1, 0.15) is 32.3 Å². The maximum atomic E-state index is 4.01. The fraction of sp³-hybridized carbons (Fsp3) is 0.467. The van der Waals surface area contributed by atoms with Gasteiger partial charge in [-0.3, -0.25) is 0 Å². The summed E-state index contributed by atoms with van der Waals surface area (Å²) in [6, 6.07) is 10.8. The lowest BCUT2D eigenvalue weighted by Crippen LogP contribution is -2.48. The number of rotatable bonds is 3. The van der Waals surface area contributed by atoms with Crippen LogP contribution in [0, 0.1) is 5.41 Å². The summed E-state index contributed by atoms with van der Waals surface area (Å²) in [5.41, 5.74) is 1.53. The van der Waals surface area contributed by atoms with Gasteiger partial charge in [0.2, 0.25) is 0 Å². The van der Waals surface area contributed by atoms with Crippen molar-refractivity contribution >= 4 is 0 Å². The molecule has 0 spiro atoms. The van der Waals surface area contributed by atoms with Crippen molar-refractivity contribution in [3.05, 3.63) is 48.6 Å². The molecule has 1 heteroatoms. The van der Waals surface area contributed by atoms with Gasteiger partial charge in [0.15, 0.2) is 0 Å². The minimum Gasteiger partial charge on any atom is -0.307 e. The molecule has 1 heterocycles. The molecular formula is C15H21N. The fourth-order valence-corrected chi connectivity index (χ4v) is 2.81. The lowest BCUT2D eigenvalue weighted by atomic mass is 9.67. The summed E-state index contributed by atoms with van der Waals surface area (Å²) in [5, 5.41) is 3.71. The van der Waals surface area contributed by atoms with Crippen molar-refractivity contribution in [3.8, 4) is 0 Å². The first-order valence-electron chi connectivity index (χ1n) is 6.06. The second-order valence-corrected chi connectivity index (χ2v) is 5.23. The first kappa shape index (κ1) is 11.4. The summed E-state index contributed by atoms with van der Waals surface area (Å²) < 4.78 is 0. The summed E-state index contributed by atoms with van der Waals surface area (Å²) in [7, 11) is 0. The average molecular weight is 215 g/mol. The van der Waals surface area contributed by atoms with Crippen molar-refractivity contribution in [2.45, 2.75) is 32.2 Å². The third-order valence-corrected chi connectivity index (χ3v) is 4.03. The Morgan fingerprint density at radius 2 is 2.00 bits per heavy atom. The lowest BCUT2D eigenvalue weighted by Gasteiger charge is -2.43. The number of hydrogen-bond acceptors (Lipinski definition) is 1. The molecule has 1 saturated heterocycles. The number of benzene rings is 1. The molecule has 0 radical (unpaired) electrons. The van der Waals surface area contributed by atoms with Crippen LogP contribution in [-0.4, -0.2) is 6.54 Å². The Hall–Kier alpha value is -1.08. The highest BCUT2D eigenvalue weighted by molar-refractivity contribution is 5.30. The van der Waals surface area contributed by atoms with Crippen molar-refractivity contribution in [1.82, 2.24) is 5.32 Å². The van der Waals surface area contributed by atoms with Crippen LogP contribution in [0.2, 0.25) is 0 Å². The highest BCUT2D eigenvalue weighted by atomic mass is 15.0. The normalized spacial score (nSPS) is 25.6. The van der Waals surface area contributed by atoms with E-state index in [0.717, 1.165) is 6.54 Å². The zero-order chi connectivity index (χ0) is 11.6. The van der Waals surface area contributed by atoms with E-state index in [1.807, 2.05) is 0 Å². The molecule has 1 nitrogen and oxygen atoms in total. The first-order valence-corrected chi connectivity index (χ1v) is 6.06. The van der Waals surface area contributed by atoms with Crippen LogP contribution < -0.4 is 5.32 Å². The van der Waals surface area contributed by atoms with Crippen LogP contribution in [0.15, 0.2) is 43.0 Å². The number of hydrogen-bond donors (Lipinski definition) is 1. The molecule has 1 N–H and O–H groups in total. The molecule has 1 atom stereocenters. The lowest BCUT2D eigenvalue weighted by molar-refractivity contribution is 0.195. The predicted molar refractivity (Wildman–Crippen MR) is 69.3 cm³/mol. The van der Waals surface area contributed by atoms with Crippen molar-refractivity contribution < 1.29 is 0 Å². The van der Waals surface area contributed by atoms with E-state index in [9.17, 15) is 0 Å². The molecule has 2 rings (SSSR count). The molecule has 1 aromatic rings. The van der Waals surface area contributed by atoms with Gasteiger partial charge in [0.05, 0.1) is 5.54 Å². The molecule has 0 bridgehead atoms. The minimum atomic E-state index is 0.0655. The van der Waals surface area contributed by atoms with Gasteiger partial charge in [0.1, 0.15) is 0 Å². The largest absolute Gasteiger partial charge is 0.307 e. The van der Waals surface area contributed by atoms with E-state index in [-0.39, 0.29) is 11.0 Å². The Balaban J connectivity index is 2.48. The second kappa shape index (κ2) is 4.06. The van der Waals surface area contributed by atoms with Gasteiger partial charge in [0, 0.05) is 5.41 Å². The summed E-state index contributed by atoms with van der Waals surface area (Å²) in [4.78, 5) is 0. The van der Waals surface area contributed by atoms with Gasteiger partial charge in [-0.05, 0) is 24.9 Å². The van der Waals surface area contributed by atoms with E-state index in [4.69, 9.17) is 0 Å². The molecule has 0 aliphatic carbocycles. The Bertz CT molecular complexity index is 358.